The topological polar surface area (TPSA) is 99.6 Å². The number of amides is 1. The summed E-state index contributed by atoms with van der Waals surface area (Å²) in [5.41, 5.74) is 3.34. The van der Waals surface area contributed by atoms with Crippen LogP contribution in [0.25, 0.3) is 6.08 Å². The van der Waals surface area contributed by atoms with Crippen molar-refractivity contribution in [3.63, 3.8) is 0 Å². The highest BCUT2D eigenvalue weighted by atomic mass is 16.5. The van der Waals surface area contributed by atoms with E-state index in [1.54, 1.807) is 12.4 Å². The summed E-state index contributed by atoms with van der Waals surface area (Å²) in [7, 11) is 0. The molecular weight excluding hydrogens is 358 g/mol. The predicted molar refractivity (Wildman–Crippen MR) is 106 cm³/mol. The molecule has 1 fully saturated rings. The van der Waals surface area contributed by atoms with Gasteiger partial charge in [0.1, 0.15) is 11.6 Å². The van der Waals surface area contributed by atoms with Crippen LogP contribution in [0.1, 0.15) is 24.6 Å². The van der Waals surface area contributed by atoms with Gasteiger partial charge in [-0.15, -0.1) is 0 Å². The number of likely N-dealkylation sites (tertiary alicyclic amines) is 1. The van der Waals surface area contributed by atoms with E-state index in [1.165, 1.54) is 23.2 Å². The van der Waals surface area contributed by atoms with Crippen molar-refractivity contribution in [1.82, 2.24) is 20.3 Å². The van der Waals surface area contributed by atoms with Gasteiger partial charge in [-0.3, -0.25) is 19.9 Å². The van der Waals surface area contributed by atoms with Gasteiger partial charge in [-0.1, -0.05) is 12.1 Å². The van der Waals surface area contributed by atoms with E-state index in [4.69, 9.17) is 9.94 Å². The molecule has 0 radical (unpaired) electrons. The monoisotopic (exact) mass is 383 g/mol. The molecular formula is C20H25N5O3. The maximum atomic E-state index is 11.0. The van der Waals surface area contributed by atoms with E-state index in [0.717, 1.165) is 31.8 Å². The molecule has 1 aliphatic heterocycles. The number of hydrogen-bond acceptors (Lipinski definition) is 7. The molecule has 0 saturated carbocycles. The lowest BCUT2D eigenvalue weighted by molar-refractivity contribution is -0.124. The number of aromatic nitrogens is 2. The van der Waals surface area contributed by atoms with Gasteiger partial charge in [-0.05, 0) is 37.1 Å². The molecule has 1 aliphatic rings. The molecule has 2 aromatic rings. The fraction of sp³-hybridized carbons (Fsp3) is 0.350. The van der Waals surface area contributed by atoms with Crippen LogP contribution in [0.5, 0.6) is 5.75 Å². The molecule has 1 atom stereocenters. The van der Waals surface area contributed by atoms with Gasteiger partial charge < -0.3 is 10.1 Å². The quantitative estimate of drug-likeness (QED) is 0.365. The molecule has 0 spiro atoms. The zero-order valence-electron chi connectivity index (χ0n) is 15.8. The largest absolute Gasteiger partial charge is 0.494 e. The van der Waals surface area contributed by atoms with Crippen molar-refractivity contribution >= 4 is 17.8 Å². The van der Waals surface area contributed by atoms with Crippen LogP contribution in [0.3, 0.4) is 0 Å². The molecule has 8 nitrogen and oxygen atoms in total. The van der Waals surface area contributed by atoms with Crippen LogP contribution in [0, 0.1) is 0 Å². The van der Waals surface area contributed by atoms with Crippen molar-refractivity contribution < 1.29 is 14.7 Å². The number of rotatable bonds is 8. The first-order chi connectivity index (χ1) is 13.7. The van der Waals surface area contributed by atoms with Gasteiger partial charge in [0.2, 0.25) is 0 Å². The van der Waals surface area contributed by atoms with Crippen LogP contribution in [-0.4, -0.2) is 51.7 Å². The van der Waals surface area contributed by atoms with Crippen molar-refractivity contribution in [2.24, 2.45) is 0 Å². The second kappa shape index (κ2) is 9.82. The lowest BCUT2D eigenvalue weighted by Crippen LogP contribution is -2.26. The molecule has 1 saturated heterocycles. The third-order valence-electron chi connectivity index (χ3n) is 4.45. The normalized spacial score (nSPS) is 17.0. The first kappa shape index (κ1) is 19.8. The fourth-order valence-electron chi connectivity index (χ4n) is 3.12. The van der Waals surface area contributed by atoms with Crippen LogP contribution < -0.4 is 15.5 Å². The summed E-state index contributed by atoms with van der Waals surface area (Å²) in [5.74, 6) is 1.00. The average Bonchev–Trinajstić information content (AvgIpc) is 3.15. The smallest absolute Gasteiger partial charge is 0.267 e. The maximum Gasteiger partial charge on any atom is 0.267 e. The second-order valence-electron chi connectivity index (χ2n) is 6.58. The summed E-state index contributed by atoms with van der Waals surface area (Å²) < 4.78 is 5.48. The van der Waals surface area contributed by atoms with Gasteiger partial charge in [0.15, 0.2) is 0 Å². The number of carbonyl (C=O) groups is 1. The van der Waals surface area contributed by atoms with E-state index < -0.39 is 5.91 Å². The number of hydroxylamine groups is 1. The lowest BCUT2D eigenvalue weighted by atomic mass is 10.2. The lowest BCUT2D eigenvalue weighted by Gasteiger charge is -2.17. The number of nitrogens with zero attached hydrogens (tertiary/aromatic N) is 3. The van der Waals surface area contributed by atoms with Gasteiger partial charge >= 0.3 is 0 Å². The molecule has 0 unspecified atom stereocenters. The SMILES string of the molecule is CCOc1ccc(CN2CC[C@@H](Nc3cnc(C=CC(=O)NO)cn3)C2)cc1. The molecule has 0 aliphatic carbocycles. The van der Waals surface area contributed by atoms with Crippen LogP contribution in [0.4, 0.5) is 5.82 Å². The van der Waals surface area contributed by atoms with Crippen LogP contribution in [-0.2, 0) is 11.3 Å². The minimum absolute atomic E-state index is 0.318. The minimum Gasteiger partial charge on any atom is -0.494 e. The zero-order chi connectivity index (χ0) is 19.8. The van der Waals surface area contributed by atoms with Crippen LogP contribution >= 0.6 is 0 Å². The molecule has 1 aromatic carbocycles. The molecule has 148 valence electrons. The average molecular weight is 383 g/mol. The Kier molecular flexibility index (Phi) is 6.94. The molecule has 3 N–H and O–H groups in total. The summed E-state index contributed by atoms with van der Waals surface area (Å²) >= 11 is 0. The highest BCUT2D eigenvalue weighted by Gasteiger charge is 2.22. The molecule has 8 heteroatoms. The molecule has 2 heterocycles. The Bertz CT molecular complexity index is 792. The van der Waals surface area contributed by atoms with E-state index in [2.05, 4.69) is 32.3 Å². The van der Waals surface area contributed by atoms with E-state index in [-0.39, 0.29) is 0 Å². The Hall–Kier alpha value is -2.97. The summed E-state index contributed by atoms with van der Waals surface area (Å²) in [5, 5.41) is 11.9. The molecule has 1 aromatic heterocycles. The number of carbonyl (C=O) groups excluding carboxylic acids is 1. The van der Waals surface area contributed by atoms with Gasteiger partial charge in [0.05, 0.1) is 24.7 Å². The third kappa shape index (κ3) is 5.77. The predicted octanol–water partition coefficient (Wildman–Crippen LogP) is 2.08. The summed E-state index contributed by atoms with van der Waals surface area (Å²) in [6.07, 6.45) is 6.93. The Morgan fingerprint density at radius 1 is 1.32 bits per heavy atom. The van der Waals surface area contributed by atoms with E-state index >= 15 is 0 Å². The van der Waals surface area contributed by atoms with E-state index in [0.29, 0.717) is 24.2 Å². The summed E-state index contributed by atoms with van der Waals surface area (Å²) in [6, 6.07) is 8.57. The number of benzene rings is 1. The first-order valence-electron chi connectivity index (χ1n) is 9.31. The van der Waals surface area contributed by atoms with Crippen LogP contribution in [0.2, 0.25) is 0 Å². The van der Waals surface area contributed by atoms with Gasteiger partial charge in [-0.25, -0.2) is 10.5 Å². The number of hydrogen-bond donors (Lipinski definition) is 3. The summed E-state index contributed by atoms with van der Waals surface area (Å²) in [6.45, 7) is 5.53. The van der Waals surface area contributed by atoms with Gasteiger partial charge in [-0.2, -0.15) is 0 Å². The van der Waals surface area contributed by atoms with Gasteiger partial charge in [0.25, 0.3) is 5.91 Å². The van der Waals surface area contributed by atoms with E-state index in [1.807, 2.05) is 19.1 Å². The highest BCUT2D eigenvalue weighted by Crippen LogP contribution is 2.18. The molecule has 1 amide bonds. The van der Waals surface area contributed by atoms with Crippen molar-refractivity contribution in [2.45, 2.75) is 25.9 Å². The zero-order valence-corrected chi connectivity index (χ0v) is 15.8. The first-order valence-corrected chi connectivity index (χ1v) is 9.31. The highest BCUT2D eigenvalue weighted by molar-refractivity contribution is 5.90. The Morgan fingerprint density at radius 2 is 2.14 bits per heavy atom. The van der Waals surface area contributed by atoms with Crippen molar-refractivity contribution in [2.75, 3.05) is 25.0 Å². The fourth-order valence-corrected chi connectivity index (χ4v) is 3.12. The van der Waals surface area contributed by atoms with Crippen molar-refractivity contribution in [3.8, 4) is 5.75 Å². The number of nitrogens with one attached hydrogen (secondary N) is 2. The van der Waals surface area contributed by atoms with Crippen LogP contribution in [0.15, 0.2) is 42.7 Å². The summed E-state index contributed by atoms with van der Waals surface area (Å²) in [4.78, 5) is 21.9. The standard InChI is InChI=1S/C20H25N5O3/c1-2-28-18-6-3-15(4-7-18)13-25-10-9-17(14-25)23-19-12-21-16(11-22-19)5-8-20(26)24-27/h3-8,11-12,17,27H,2,9-10,13-14H2,1H3,(H,22,23)(H,24,26)/t17-/m1/s1. The minimum atomic E-state index is -0.609. The van der Waals surface area contributed by atoms with Gasteiger partial charge in [0, 0.05) is 31.8 Å². The maximum absolute atomic E-state index is 11.0. The molecule has 0 bridgehead atoms. The Morgan fingerprint density at radius 3 is 2.82 bits per heavy atom. The Balaban J connectivity index is 1.47. The van der Waals surface area contributed by atoms with Crippen molar-refractivity contribution in [1.29, 1.82) is 0 Å². The molecule has 28 heavy (non-hydrogen) atoms. The second-order valence-corrected chi connectivity index (χ2v) is 6.58. The van der Waals surface area contributed by atoms with E-state index in [9.17, 15) is 4.79 Å². The van der Waals surface area contributed by atoms with Crippen molar-refractivity contribution in [3.05, 3.63) is 54.0 Å². The number of anilines is 1. The number of ether oxygens (including phenoxy) is 1. The molecule has 3 rings (SSSR count). The Labute approximate surface area is 164 Å². The third-order valence-corrected chi connectivity index (χ3v) is 4.45.